The molecule has 0 aliphatic rings. The van der Waals surface area contributed by atoms with Gasteiger partial charge in [0.1, 0.15) is 0 Å². The van der Waals surface area contributed by atoms with Gasteiger partial charge in [0.05, 0.1) is 0 Å². The van der Waals surface area contributed by atoms with Crippen molar-refractivity contribution < 1.29 is 0 Å². The zero-order valence-corrected chi connectivity index (χ0v) is 16.6. The molecule has 0 radical (unpaired) electrons. The van der Waals surface area contributed by atoms with Gasteiger partial charge in [-0.05, 0) is 90.3 Å². The van der Waals surface area contributed by atoms with Crippen LogP contribution in [0.15, 0.2) is 91.0 Å². The van der Waals surface area contributed by atoms with Gasteiger partial charge in [-0.3, -0.25) is 0 Å². The molecule has 0 N–H and O–H groups in total. The molecule has 1 heteroatoms. The second-order valence-corrected chi connectivity index (χ2v) is 8.15. The van der Waals surface area contributed by atoms with E-state index < -0.39 is 0 Å². The lowest BCUT2D eigenvalue weighted by molar-refractivity contribution is 1.14. The quantitative estimate of drug-likeness (QED) is 0.213. The van der Waals surface area contributed by atoms with E-state index in [-0.39, 0.29) is 0 Å². The average molecular weight is 371 g/mol. The molecule has 0 aliphatic heterocycles. The van der Waals surface area contributed by atoms with Crippen LogP contribution in [-0.4, -0.2) is 14.1 Å². The van der Waals surface area contributed by atoms with E-state index >= 15 is 0 Å². The minimum absolute atomic E-state index is 1.23. The fourth-order valence-corrected chi connectivity index (χ4v) is 4.58. The van der Waals surface area contributed by atoms with Gasteiger partial charge >= 0.3 is 0 Å². The molecular formula is C28H21N. The first-order valence-electron chi connectivity index (χ1n) is 10.1. The van der Waals surface area contributed by atoms with Crippen molar-refractivity contribution in [2.24, 2.45) is 0 Å². The predicted molar refractivity (Wildman–Crippen MR) is 128 cm³/mol. The number of nitrogens with zero attached hydrogens (tertiary/aromatic N) is 1. The van der Waals surface area contributed by atoms with Crippen molar-refractivity contribution in [3.63, 3.8) is 0 Å². The van der Waals surface area contributed by atoms with Crippen LogP contribution in [0.3, 0.4) is 0 Å². The maximum Gasteiger partial charge on any atom is 0.0367 e. The van der Waals surface area contributed by atoms with Crippen molar-refractivity contribution in [3.8, 4) is 0 Å². The Bertz CT molecular complexity index is 1570. The molecule has 6 rings (SSSR count). The fourth-order valence-electron chi connectivity index (χ4n) is 4.58. The summed E-state index contributed by atoms with van der Waals surface area (Å²) in [6, 6.07) is 33.7. The van der Waals surface area contributed by atoms with Gasteiger partial charge in [-0.2, -0.15) is 0 Å². The maximum atomic E-state index is 2.35. The number of benzene rings is 6. The molecule has 0 fully saturated rings. The Balaban J connectivity index is 1.70. The lowest BCUT2D eigenvalue weighted by atomic mass is 9.93. The van der Waals surface area contributed by atoms with Crippen LogP contribution >= 0.6 is 0 Å². The van der Waals surface area contributed by atoms with E-state index in [0.29, 0.717) is 0 Å². The predicted octanol–water partition coefficient (Wildman–Crippen LogP) is 7.52. The molecule has 0 saturated heterocycles. The summed E-state index contributed by atoms with van der Waals surface area (Å²) in [4.78, 5) is 2.15. The highest BCUT2D eigenvalue weighted by Crippen LogP contribution is 2.35. The van der Waals surface area contributed by atoms with E-state index in [1.807, 2.05) is 0 Å². The first-order valence-corrected chi connectivity index (χ1v) is 10.1. The van der Waals surface area contributed by atoms with Crippen molar-refractivity contribution in [1.29, 1.82) is 0 Å². The zero-order valence-electron chi connectivity index (χ0n) is 16.6. The SMILES string of the molecule is CN(C)c1ccc2cc3c(ccc4c5cc6ccccc6cc5ccc34)cc2c1. The van der Waals surface area contributed by atoms with Crippen LogP contribution in [0.2, 0.25) is 0 Å². The molecular weight excluding hydrogens is 350 g/mol. The fraction of sp³-hybridized carbons (Fsp3) is 0.0714. The Morgan fingerprint density at radius 2 is 0.931 bits per heavy atom. The van der Waals surface area contributed by atoms with Crippen molar-refractivity contribution >= 4 is 59.5 Å². The molecule has 0 saturated carbocycles. The highest BCUT2D eigenvalue weighted by Gasteiger charge is 2.08. The molecule has 0 unspecified atom stereocenters. The summed E-state index contributed by atoms with van der Waals surface area (Å²) < 4.78 is 0. The largest absolute Gasteiger partial charge is 0.378 e. The highest BCUT2D eigenvalue weighted by molar-refractivity contribution is 6.20. The first-order chi connectivity index (χ1) is 14.2. The van der Waals surface area contributed by atoms with Gasteiger partial charge in [-0.25, -0.2) is 0 Å². The molecule has 1 nitrogen and oxygen atoms in total. The van der Waals surface area contributed by atoms with Gasteiger partial charge in [0.15, 0.2) is 0 Å². The summed E-state index contributed by atoms with van der Waals surface area (Å²) in [6.07, 6.45) is 0. The van der Waals surface area contributed by atoms with Gasteiger partial charge in [-0.1, -0.05) is 54.6 Å². The summed E-state index contributed by atoms with van der Waals surface area (Å²) in [5.74, 6) is 0. The summed E-state index contributed by atoms with van der Waals surface area (Å²) in [7, 11) is 4.18. The second-order valence-electron chi connectivity index (χ2n) is 8.15. The summed E-state index contributed by atoms with van der Waals surface area (Å²) in [5.41, 5.74) is 1.23. The minimum atomic E-state index is 1.23. The molecule has 138 valence electrons. The molecule has 6 aromatic rings. The normalized spacial score (nSPS) is 11.8. The van der Waals surface area contributed by atoms with Crippen molar-refractivity contribution in [1.82, 2.24) is 0 Å². The molecule has 6 aromatic carbocycles. The Morgan fingerprint density at radius 3 is 1.55 bits per heavy atom. The zero-order chi connectivity index (χ0) is 19.5. The van der Waals surface area contributed by atoms with Crippen molar-refractivity contribution in [2.45, 2.75) is 0 Å². The third-order valence-electron chi connectivity index (χ3n) is 6.16. The Labute approximate surface area is 169 Å². The van der Waals surface area contributed by atoms with Crippen LogP contribution in [0.5, 0.6) is 0 Å². The minimum Gasteiger partial charge on any atom is -0.378 e. The second kappa shape index (κ2) is 5.96. The van der Waals surface area contributed by atoms with E-state index in [9.17, 15) is 0 Å². The monoisotopic (exact) mass is 371 g/mol. The van der Waals surface area contributed by atoms with Crippen molar-refractivity contribution in [2.75, 3.05) is 19.0 Å². The molecule has 0 atom stereocenters. The Hall–Kier alpha value is -3.58. The molecule has 29 heavy (non-hydrogen) atoms. The van der Waals surface area contributed by atoms with Crippen molar-refractivity contribution in [3.05, 3.63) is 91.0 Å². The van der Waals surface area contributed by atoms with E-state index in [2.05, 4.69) is 110 Å². The van der Waals surface area contributed by atoms with Gasteiger partial charge < -0.3 is 4.90 Å². The van der Waals surface area contributed by atoms with Gasteiger partial charge in [0, 0.05) is 19.8 Å². The molecule has 0 spiro atoms. The molecule has 0 aromatic heterocycles. The van der Waals surface area contributed by atoms with E-state index in [4.69, 9.17) is 0 Å². The lowest BCUT2D eigenvalue weighted by Gasteiger charge is -2.14. The summed E-state index contributed by atoms with van der Waals surface area (Å²) >= 11 is 0. The third-order valence-corrected chi connectivity index (χ3v) is 6.16. The van der Waals surface area contributed by atoms with E-state index in [1.54, 1.807) is 0 Å². The first kappa shape index (κ1) is 16.4. The van der Waals surface area contributed by atoms with Gasteiger partial charge in [-0.15, -0.1) is 0 Å². The Kier molecular flexibility index (Phi) is 3.36. The number of fused-ring (bicyclic) bond motifs is 7. The maximum absolute atomic E-state index is 2.35. The standard InChI is InChI=1S/C28H21N/c1-29(2)24-10-7-20-17-28-22(14-23(20)15-24)9-12-25-26(28)11-8-21-13-18-5-3-4-6-19(18)16-27(21)25/h3-17H,1-2H3. The smallest absolute Gasteiger partial charge is 0.0367 e. The molecule has 0 amide bonds. The van der Waals surface area contributed by atoms with Gasteiger partial charge in [0.25, 0.3) is 0 Å². The molecule has 0 heterocycles. The number of hydrogen-bond donors (Lipinski definition) is 0. The summed E-state index contributed by atoms with van der Waals surface area (Å²) in [6.45, 7) is 0. The van der Waals surface area contributed by atoms with Crippen LogP contribution in [-0.2, 0) is 0 Å². The van der Waals surface area contributed by atoms with E-state index in [1.165, 1.54) is 59.5 Å². The van der Waals surface area contributed by atoms with Crippen LogP contribution in [0.4, 0.5) is 5.69 Å². The van der Waals surface area contributed by atoms with Crippen LogP contribution in [0, 0.1) is 0 Å². The third kappa shape index (κ3) is 2.48. The van der Waals surface area contributed by atoms with Crippen LogP contribution < -0.4 is 4.90 Å². The number of hydrogen-bond acceptors (Lipinski definition) is 1. The lowest BCUT2D eigenvalue weighted by Crippen LogP contribution is -2.07. The highest BCUT2D eigenvalue weighted by atomic mass is 15.1. The number of rotatable bonds is 1. The van der Waals surface area contributed by atoms with Crippen LogP contribution in [0.1, 0.15) is 0 Å². The summed E-state index contributed by atoms with van der Waals surface area (Å²) in [5, 5.41) is 13.0. The van der Waals surface area contributed by atoms with Gasteiger partial charge in [0.2, 0.25) is 0 Å². The average Bonchev–Trinajstić information content (AvgIpc) is 2.75. The number of anilines is 1. The van der Waals surface area contributed by atoms with Crippen LogP contribution in [0.25, 0.3) is 53.9 Å². The van der Waals surface area contributed by atoms with E-state index in [0.717, 1.165) is 0 Å². The Morgan fingerprint density at radius 1 is 0.414 bits per heavy atom. The molecule has 0 bridgehead atoms. The topological polar surface area (TPSA) is 3.24 Å². The molecule has 0 aliphatic carbocycles.